The third-order valence-corrected chi connectivity index (χ3v) is 10.8. The van der Waals surface area contributed by atoms with Gasteiger partial charge in [-0.3, -0.25) is 9.59 Å². The fraction of sp³-hybridized carbons (Fsp3) is 0.837. The zero-order chi connectivity index (χ0) is 40.3. The molecule has 0 radical (unpaired) electrons. The second kappa shape index (κ2) is 43.2. The average molecular weight is 774 g/mol. The highest BCUT2D eigenvalue weighted by Gasteiger charge is 2.24. The molecule has 6 heteroatoms. The van der Waals surface area contributed by atoms with Gasteiger partial charge in [-0.1, -0.05) is 218 Å². The number of carbonyl (C=O) groups excluding carboxylic acids is 2. The van der Waals surface area contributed by atoms with Crippen molar-refractivity contribution in [1.82, 2.24) is 5.32 Å². The van der Waals surface area contributed by atoms with Gasteiger partial charge in [-0.15, -0.1) is 0 Å². The Bertz CT molecular complexity index is 915. The summed E-state index contributed by atoms with van der Waals surface area (Å²) in [7, 11) is 0. The molecule has 6 nitrogen and oxygen atoms in total. The van der Waals surface area contributed by atoms with E-state index >= 15 is 0 Å². The average Bonchev–Trinajstić information content (AvgIpc) is 3.18. The van der Waals surface area contributed by atoms with Crippen LogP contribution in [0.5, 0.6) is 0 Å². The van der Waals surface area contributed by atoms with E-state index in [2.05, 4.69) is 50.4 Å². The monoisotopic (exact) mass is 774 g/mol. The molecule has 0 saturated heterocycles. The maximum absolute atomic E-state index is 13.1. The first kappa shape index (κ1) is 53.1. The maximum atomic E-state index is 13.1. The number of amides is 1. The van der Waals surface area contributed by atoms with E-state index in [-0.39, 0.29) is 24.9 Å². The lowest BCUT2D eigenvalue weighted by molar-refractivity contribution is -0.151. The van der Waals surface area contributed by atoms with Crippen LogP contribution in [-0.2, 0) is 14.3 Å². The van der Waals surface area contributed by atoms with Gasteiger partial charge in [-0.05, 0) is 44.9 Å². The number of nitrogens with one attached hydrogen (secondary N) is 1. The van der Waals surface area contributed by atoms with Crippen LogP contribution < -0.4 is 5.32 Å². The van der Waals surface area contributed by atoms with E-state index in [0.29, 0.717) is 19.3 Å². The Morgan fingerprint density at radius 3 is 1.47 bits per heavy atom. The number of allylic oxidation sites excluding steroid dienone is 6. The van der Waals surface area contributed by atoms with Gasteiger partial charge in [-0.2, -0.15) is 0 Å². The Morgan fingerprint density at radius 2 is 0.982 bits per heavy atom. The number of unbranched alkanes of at least 4 members (excludes halogenated alkanes) is 26. The molecule has 0 rings (SSSR count). The summed E-state index contributed by atoms with van der Waals surface area (Å²) in [6, 6.07) is -0.707. The minimum absolute atomic E-state index is 0.0576. The third-order valence-electron chi connectivity index (χ3n) is 10.8. The van der Waals surface area contributed by atoms with Crippen LogP contribution in [0.15, 0.2) is 36.5 Å². The molecule has 322 valence electrons. The van der Waals surface area contributed by atoms with Gasteiger partial charge < -0.3 is 20.3 Å². The number of esters is 1. The quantitative estimate of drug-likeness (QED) is 0.0326. The Kier molecular flexibility index (Phi) is 41.7. The summed E-state index contributed by atoms with van der Waals surface area (Å²) in [6.07, 6.45) is 49.2. The van der Waals surface area contributed by atoms with Crippen molar-refractivity contribution in [3.8, 4) is 0 Å². The van der Waals surface area contributed by atoms with Gasteiger partial charge in [0.25, 0.3) is 0 Å². The van der Waals surface area contributed by atoms with Gasteiger partial charge >= 0.3 is 5.97 Å². The summed E-state index contributed by atoms with van der Waals surface area (Å²) in [5.74, 6) is -0.503. The summed E-state index contributed by atoms with van der Waals surface area (Å²) < 4.78 is 5.89. The Hall–Kier alpha value is -1.92. The van der Waals surface area contributed by atoms with E-state index in [1.807, 2.05) is 12.2 Å². The molecular formula is C49H91NO5. The first-order valence-electron chi connectivity index (χ1n) is 23.7. The fourth-order valence-electron chi connectivity index (χ4n) is 7.19. The standard InChI is InChI=1S/C49H91NO5/c1-4-7-10-13-16-19-22-23-24-25-27-30-33-36-39-42-49(54)55-45(40-37-34-31-28-26-20-17-14-11-8-5-2)43-48(53)50-46(44-51)47(52)41-38-35-32-29-21-18-15-12-9-6-3/h8,11,14,17,20,26,45-47,51-52H,4-7,9-10,12-13,15-16,18-19,21-25,27-44H2,1-3H3,(H,50,53)/b11-8+,17-14+,26-20-. The molecule has 3 unspecified atom stereocenters. The molecule has 0 fully saturated rings. The van der Waals surface area contributed by atoms with Gasteiger partial charge in [0.05, 0.1) is 25.2 Å². The predicted molar refractivity (Wildman–Crippen MR) is 236 cm³/mol. The van der Waals surface area contributed by atoms with Crippen molar-refractivity contribution < 1.29 is 24.5 Å². The van der Waals surface area contributed by atoms with Crippen molar-refractivity contribution in [3.63, 3.8) is 0 Å². The molecule has 0 aromatic rings. The number of rotatable bonds is 42. The number of aliphatic hydroxyl groups excluding tert-OH is 2. The molecule has 0 aliphatic heterocycles. The third kappa shape index (κ3) is 38.7. The molecule has 3 atom stereocenters. The smallest absolute Gasteiger partial charge is 0.306 e. The summed E-state index contributed by atoms with van der Waals surface area (Å²) in [5.41, 5.74) is 0. The highest BCUT2D eigenvalue weighted by Crippen LogP contribution is 2.17. The van der Waals surface area contributed by atoms with Crippen LogP contribution in [0, 0.1) is 0 Å². The van der Waals surface area contributed by atoms with Crippen molar-refractivity contribution >= 4 is 11.9 Å². The lowest BCUT2D eigenvalue weighted by atomic mass is 10.0. The number of aliphatic hydroxyl groups is 2. The molecule has 1 amide bonds. The van der Waals surface area contributed by atoms with E-state index in [4.69, 9.17) is 4.74 Å². The largest absolute Gasteiger partial charge is 0.462 e. The Labute approximate surface area is 341 Å². The topological polar surface area (TPSA) is 95.9 Å². The van der Waals surface area contributed by atoms with E-state index in [9.17, 15) is 19.8 Å². The molecule has 0 aromatic heterocycles. The van der Waals surface area contributed by atoms with E-state index in [0.717, 1.165) is 70.6 Å². The van der Waals surface area contributed by atoms with Crippen molar-refractivity contribution in [3.05, 3.63) is 36.5 Å². The minimum atomic E-state index is -0.792. The molecule has 55 heavy (non-hydrogen) atoms. The first-order valence-corrected chi connectivity index (χ1v) is 23.7. The maximum Gasteiger partial charge on any atom is 0.306 e. The molecule has 3 N–H and O–H groups in total. The van der Waals surface area contributed by atoms with Crippen LogP contribution in [0.2, 0.25) is 0 Å². The molecule has 0 bridgehead atoms. The van der Waals surface area contributed by atoms with E-state index < -0.39 is 18.2 Å². The van der Waals surface area contributed by atoms with Gasteiger partial charge in [0, 0.05) is 6.42 Å². The second-order valence-corrected chi connectivity index (χ2v) is 16.2. The molecule has 0 aromatic carbocycles. The van der Waals surface area contributed by atoms with Crippen LogP contribution in [0.25, 0.3) is 0 Å². The lowest BCUT2D eigenvalue weighted by Gasteiger charge is -2.24. The van der Waals surface area contributed by atoms with Gasteiger partial charge in [-0.25, -0.2) is 0 Å². The summed E-state index contributed by atoms with van der Waals surface area (Å²) in [5, 5.41) is 23.6. The number of hydrogen-bond donors (Lipinski definition) is 3. The van der Waals surface area contributed by atoms with Crippen molar-refractivity contribution in [1.29, 1.82) is 0 Å². The predicted octanol–water partition coefficient (Wildman–Crippen LogP) is 13.7. The van der Waals surface area contributed by atoms with Gasteiger partial charge in [0.15, 0.2) is 0 Å². The SMILES string of the molecule is CC/C=C/C=C/C=C\CCCCCC(CC(=O)NC(CO)C(O)CCCCCCCCCCCC)OC(=O)CCCCCCCCCCCCCCCCC. The zero-order valence-electron chi connectivity index (χ0n) is 36.6. The van der Waals surface area contributed by atoms with Crippen molar-refractivity contribution in [2.75, 3.05) is 6.61 Å². The number of hydrogen-bond acceptors (Lipinski definition) is 5. The highest BCUT2D eigenvalue weighted by molar-refractivity contribution is 5.77. The molecule has 0 saturated carbocycles. The molecule has 0 heterocycles. The van der Waals surface area contributed by atoms with Crippen LogP contribution in [0.1, 0.15) is 239 Å². The minimum Gasteiger partial charge on any atom is -0.462 e. The van der Waals surface area contributed by atoms with Gasteiger partial charge in [0.2, 0.25) is 5.91 Å². The van der Waals surface area contributed by atoms with Crippen LogP contribution in [0.4, 0.5) is 0 Å². The van der Waals surface area contributed by atoms with Crippen LogP contribution in [-0.4, -0.2) is 46.9 Å². The van der Waals surface area contributed by atoms with Crippen molar-refractivity contribution in [2.45, 2.75) is 257 Å². The Balaban J connectivity index is 4.57. The van der Waals surface area contributed by atoms with Crippen molar-refractivity contribution in [2.24, 2.45) is 0 Å². The second-order valence-electron chi connectivity index (χ2n) is 16.2. The van der Waals surface area contributed by atoms with E-state index in [1.165, 1.54) is 122 Å². The molecule has 0 spiro atoms. The fourth-order valence-corrected chi connectivity index (χ4v) is 7.19. The summed E-state index contributed by atoms with van der Waals surface area (Å²) >= 11 is 0. The number of ether oxygens (including phenoxy) is 1. The molecule has 0 aliphatic rings. The number of carbonyl (C=O) groups is 2. The molecular weight excluding hydrogens is 683 g/mol. The van der Waals surface area contributed by atoms with Crippen LogP contribution in [0.3, 0.4) is 0 Å². The Morgan fingerprint density at radius 1 is 0.545 bits per heavy atom. The highest BCUT2D eigenvalue weighted by atomic mass is 16.5. The zero-order valence-corrected chi connectivity index (χ0v) is 36.6. The first-order chi connectivity index (χ1) is 27.0. The lowest BCUT2D eigenvalue weighted by Crippen LogP contribution is -2.46. The normalized spacial score (nSPS) is 13.6. The summed E-state index contributed by atoms with van der Waals surface area (Å²) in [4.78, 5) is 26.0. The summed E-state index contributed by atoms with van der Waals surface area (Å²) in [6.45, 7) is 6.32. The van der Waals surface area contributed by atoms with E-state index in [1.54, 1.807) is 0 Å². The van der Waals surface area contributed by atoms with Gasteiger partial charge in [0.1, 0.15) is 6.10 Å². The molecule has 0 aliphatic carbocycles. The van der Waals surface area contributed by atoms with Crippen LogP contribution >= 0.6 is 0 Å².